The van der Waals surface area contributed by atoms with Gasteiger partial charge in [0.05, 0.1) is 48.6 Å². The summed E-state index contributed by atoms with van der Waals surface area (Å²) in [6.07, 6.45) is 12.1. The fourth-order valence-corrected chi connectivity index (χ4v) is 14.2. The molecule has 2 saturated heterocycles. The van der Waals surface area contributed by atoms with E-state index in [2.05, 4.69) is 114 Å². The molecule has 6 atom stereocenters. The van der Waals surface area contributed by atoms with Crippen molar-refractivity contribution in [2.24, 2.45) is 11.8 Å². The maximum Gasteiger partial charge on any atom is 0.290 e. The molecule has 9 aromatic rings. The van der Waals surface area contributed by atoms with Gasteiger partial charge in [-0.3, -0.25) is 29.3 Å². The lowest BCUT2D eigenvalue weighted by atomic mass is 9.97. The Bertz CT molecular complexity index is 4210. The van der Waals surface area contributed by atoms with Crippen molar-refractivity contribution >= 4 is 52.9 Å². The number of ketones is 1. The van der Waals surface area contributed by atoms with Crippen LogP contribution in [0.2, 0.25) is 0 Å². The number of hydrogen-bond acceptors (Lipinski definition) is 11. The lowest BCUT2D eigenvalue weighted by Crippen LogP contribution is -2.39. The smallest absolute Gasteiger partial charge is 0.290 e. The highest BCUT2D eigenvalue weighted by Gasteiger charge is 2.38. The van der Waals surface area contributed by atoms with Crippen molar-refractivity contribution in [3.63, 3.8) is 0 Å². The van der Waals surface area contributed by atoms with Gasteiger partial charge in [0.1, 0.15) is 12.1 Å². The monoisotopic (exact) mass is 1340 g/mol. The Morgan fingerprint density at radius 1 is 0.535 bits per heavy atom. The molecule has 13 rings (SSSR count). The molecule has 4 aliphatic rings. The molecule has 2 aliphatic carbocycles. The molecule has 2 heterocycles. The third-order valence-electron chi connectivity index (χ3n) is 18.7. The van der Waals surface area contributed by atoms with Crippen molar-refractivity contribution in [3.05, 3.63) is 292 Å². The van der Waals surface area contributed by atoms with Gasteiger partial charge in [0, 0.05) is 48.8 Å². The third kappa shape index (κ3) is 19.6. The fourth-order valence-electron chi connectivity index (χ4n) is 13.5. The summed E-state index contributed by atoms with van der Waals surface area (Å²) in [4.78, 5) is 77.1. The maximum absolute atomic E-state index is 14.4. The zero-order chi connectivity index (χ0) is 68.7. The van der Waals surface area contributed by atoms with Gasteiger partial charge in [-0.05, 0) is 186 Å². The largest absolute Gasteiger partial charge is 0.396 e. The molecule has 1 unspecified atom stereocenters. The van der Waals surface area contributed by atoms with Gasteiger partial charge in [0.25, 0.3) is 23.0 Å². The molecule has 0 aromatic heterocycles. The fraction of sp³-hybridized carbons (Fsp3) is 0.262. The van der Waals surface area contributed by atoms with Crippen LogP contribution in [0.5, 0.6) is 0 Å². The number of benzene rings is 9. The molecule has 2 aliphatic heterocycles. The van der Waals surface area contributed by atoms with Gasteiger partial charge in [0.2, 0.25) is 0 Å². The quantitative estimate of drug-likeness (QED) is 0.0298. The third-order valence-corrected chi connectivity index (χ3v) is 19.5. The van der Waals surface area contributed by atoms with Crippen molar-refractivity contribution in [2.75, 3.05) is 19.7 Å². The number of hydrogen-bond donors (Lipinski definition) is 3. The molecule has 2 saturated carbocycles. The summed E-state index contributed by atoms with van der Waals surface area (Å²) >= 11 is 0.822. The van der Waals surface area contributed by atoms with Gasteiger partial charge in [-0.15, -0.1) is 0 Å². The molecule has 0 spiro atoms. The number of imide groups is 1. The van der Waals surface area contributed by atoms with Crippen LogP contribution in [0.4, 0.5) is 9.18 Å². The molecular formula is C84H82FN3O10S. The number of nitrogens with zero attached hydrogens (tertiary/aromatic N) is 1. The van der Waals surface area contributed by atoms with Crippen molar-refractivity contribution in [3.8, 4) is 33.4 Å². The highest BCUT2D eigenvalue weighted by atomic mass is 32.2. The summed E-state index contributed by atoms with van der Waals surface area (Å²) in [5, 5.41) is 13.8. The number of nitrogens with one attached hydrogen (secondary N) is 2. The number of halogens is 1. The number of aldehydes is 1. The number of carbonyl (C=O) groups excluding carboxylic acids is 6. The Hall–Kier alpha value is -9.74. The number of aliphatic hydroxyl groups is 1. The molecule has 15 heteroatoms. The lowest BCUT2D eigenvalue weighted by molar-refractivity contribution is -0.115. The highest BCUT2D eigenvalue weighted by Crippen LogP contribution is 2.35. The van der Waals surface area contributed by atoms with E-state index in [1.165, 1.54) is 64.1 Å². The Kier molecular flexibility index (Phi) is 25.4. The van der Waals surface area contributed by atoms with Crippen molar-refractivity contribution in [1.82, 2.24) is 15.5 Å². The minimum atomic E-state index is -0.465. The Morgan fingerprint density at radius 3 is 1.53 bits per heavy atom. The first-order chi connectivity index (χ1) is 48.5. The summed E-state index contributed by atoms with van der Waals surface area (Å²) < 4.78 is 32.4. The molecule has 99 heavy (non-hydrogen) atoms. The van der Waals surface area contributed by atoms with Crippen LogP contribution in [0.3, 0.4) is 0 Å². The summed E-state index contributed by atoms with van der Waals surface area (Å²) in [5.41, 5.74) is 12.4. The van der Waals surface area contributed by atoms with E-state index in [4.69, 9.17) is 19.3 Å². The average molecular weight is 1340 g/mol. The number of amides is 4. The summed E-state index contributed by atoms with van der Waals surface area (Å²) in [6, 6.07) is 74.1. The number of likely N-dealkylation sites (tertiary alicyclic amines) is 1. The molecule has 4 amide bonds. The van der Waals surface area contributed by atoms with Crippen LogP contribution in [0.15, 0.2) is 241 Å². The van der Waals surface area contributed by atoms with Crippen LogP contribution in [0.25, 0.3) is 39.5 Å². The Balaban J connectivity index is 0.000000183. The predicted molar refractivity (Wildman–Crippen MR) is 387 cm³/mol. The number of rotatable bonds is 24. The molecule has 3 N–H and O–H groups in total. The Morgan fingerprint density at radius 2 is 1.01 bits per heavy atom. The van der Waals surface area contributed by atoms with E-state index in [9.17, 15) is 33.2 Å². The molecular weight excluding hydrogens is 1260 g/mol. The van der Waals surface area contributed by atoms with E-state index in [0.29, 0.717) is 80.9 Å². The van der Waals surface area contributed by atoms with Gasteiger partial charge in [-0.1, -0.05) is 194 Å². The second kappa shape index (κ2) is 35.7. The van der Waals surface area contributed by atoms with Gasteiger partial charge in [0.15, 0.2) is 5.78 Å². The van der Waals surface area contributed by atoms with Crippen LogP contribution in [0.1, 0.15) is 123 Å². The standard InChI is InChI=1S/C44H36FN3O6S.C20H24O2.C20H22O2/c45-33-20-18-30(19-21-33)40(49)37-12-6-7-13-38(37)43(52)48-26-35(54-27-32-10-4-5-11-36(32)29-8-2-1-3-9-29)25-34(48)22-23-46-41(50)31-16-14-28(15-17-31)24-39-42(51)47-44(53)55-39;2*21-13-12-16-10-11-19(14-16)22-15-18-8-4-5-9-20(18)17-6-2-1-3-7-17/h1-21,24,34-35H,22-23,25-27H2,(H,46,50)(H,47,51,53);1-9,16,19,21H,10-15H2;1-9,13,16,19H,10-12,14-15H2/b39-24-;;/t34-,35-;16-,19+;16-,19?/m111/s1. The summed E-state index contributed by atoms with van der Waals surface area (Å²) in [7, 11) is 0. The van der Waals surface area contributed by atoms with E-state index in [1.807, 2.05) is 60.7 Å². The topological polar surface area (TPSA) is 178 Å². The molecule has 0 bridgehead atoms. The number of carbonyl (C=O) groups is 6. The van der Waals surface area contributed by atoms with Crippen LogP contribution in [-0.2, 0) is 43.6 Å². The van der Waals surface area contributed by atoms with Crippen molar-refractivity contribution < 1.29 is 52.5 Å². The minimum absolute atomic E-state index is 0.213. The van der Waals surface area contributed by atoms with Crippen LogP contribution >= 0.6 is 11.8 Å². The zero-order valence-corrected chi connectivity index (χ0v) is 56.1. The lowest BCUT2D eigenvalue weighted by Gasteiger charge is -2.25. The van der Waals surface area contributed by atoms with Gasteiger partial charge in [-0.2, -0.15) is 0 Å². The predicted octanol–water partition coefficient (Wildman–Crippen LogP) is 16.7. The minimum Gasteiger partial charge on any atom is -0.396 e. The van der Waals surface area contributed by atoms with E-state index in [0.717, 1.165) is 73.3 Å². The van der Waals surface area contributed by atoms with Crippen LogP contribution in [0, 0.1) is 17.7 Å². The molecule has 506 valence electrons. The second-order valence-electron chi connectivity index (χ2n) is 25.4. The number of thioether (sulfide) groups is 1. The first-order valence-electron chi connectivity index (χ1n) is 34.1. The summed E-state index contributed by atoms with van der Waals surface area (Å²) in [5.74, 6) is -0.793. The number of ether oxygens (including phenoxy) is 3. The molecule has 0 radical (unpaired) electrons. The van der Waals surface area contributed by atoms with E-state index < -0.39 is 22.7 Å². The SMILES string of the molecule is O=C1NC(=O)/C(=C/c2ccc(C(=O)NCC[C@@H]3C[C@@H](OCc4ccccc4-c4ccccc4)CN3C(=O)c3ccccc3C(=O)c3ccc(F)cc3)cc2)S1.O=CC[C@H]1CCC(OCc2ccccc2-c2ccccc2)C1.OCC[C@H]1CC[C@H](OCc2ccccc2-c2ccccc2)C1. The Labute approximate surface area is 582 Å². The number of aliphatic hydroxyl groups excluding tert-OH is 1. The van der Waals surface area contributed by atoms with Gasteiger partial charge < -0.3 is 34.3 Å². The van der Waals surface area contributed by atoms with Crippen LogP contribution < -0.4 is 10.6 Å². The van der Waals surface area contributed by atoms with Crippen molar-refractivity contribution in [2.45, 2.75) is 108 Å². The second-order valence-corrected chi connectivity index (χ2v) is 26.4. The molecule has 9 aromatic carbocycles. The normalized spacial score (nSPS) is 19.0. The highest BCUT2D eigenvalue weighted by molar-refractivity contribution is 8.18. The molecule has 4 fully saturated rings. The van der Waals surface area contributed by atoms with Gasteiger partial charge >= 0.3 is 0 Å². The van der Waals surface area contributed by atoms with Crippen LogP contribution in [-0.4, -0.2) is 89.1 Å². The zero-order valence-electron chi connectivity index (χ0n) is 55.3. The molecule has 13 nitrogen and oxygen atoms in total. The first-order valence-corrected chi connectivity index (χ1v) is 34.9. The van der Waals surface area contributed by atoms with E-state index in [-0.39, 0.29) is 58.6 Å². The van der Waals surface area contributed by atoms with Gasteiger partial charge in [-0.25, -0.2) is 4.39 Å². The first kappa shape index (κ1) is 70.6. The average Bonchev–Trinajstić information content (AvgIpc) is 1.77. The van der Waals surface area contributed by atoms with E-state index >= 15 is 0 Å². The van der Waals surface area contributed by atoms with Crippen molar-refractivity contribution in [1.29, 1.82) is 0 Å². The maximum atomic E-state index is 14.4. The summed E-state index contributed by atoms with van der Waals surface area (Å²) in [6.45, 7) is 2.48. The van der Waals surface area contributed by atoms with E-state index in [1.54, 1.807) is 59.5 Å².